The first-order valence-corrected chi connectivity index (χ1v) is 7.33. The second-order valence-electron chi connectivity index (χ2n) is 5.77. The van der Waals surface area contributed by atoms with Gasteiger partial charge in [-0.3, -0.25) is 4.79 Å². The molecule has 2 rings (SSSR count). The van der Waals surface area contributed by atoms with E-state index >= 15 is 0 Å². The van der Waals surface area contributed by atoms with Crippen molar-refractivity contribution in [3.63, 3.8) is 0 Å². The lowest BCUT2D eigenvalue weighted by atomic mass is 10.0. The van der Waals surface area contributed by atoms with Crippen LogP contribution in [0.5, 0.6) is 0 Å². The van der Waals surface area contributed by atoms with Crippen LogP contribution in [0.3, 0.4) is 0 Å². The van der Waals surface area contributed by atoms with Gasteiger partial charge >= 0.3 is 0 Å². The number of hydrogen-bond donors (Lipinski definition) is 3. The van der Waals surface area contributed by atoms with Crippen molar-refractivity contribution in [1.29, 1.82) is 0 Å². The molecule has 4 nitrogen and oxygen atoms in total. The first-order valence-electron chi connectivity index (χ1n) is 7.33. The van der Waals surface area contributed by atoms with Crippen molar-refractivity contribution >= 4 is 11.6 Å². The Morgan fingerprint density at radius 3 is 2.90 bits per heavy atom. The van der Waals surface area contributed by atoms with Gasteiger partial charge in [0, 0.05) is 18.7 Å². The molecule has 0 bridgehead atoms. The Morgan fingerprint density at radius 2 is 2.25 bits per heavy atom. The summed E-state index contributed by atoms with van der Waals surface area (Å²) in [4.78, 5) is 11.1. The lowest BCUT2D eigenvalue weighted by molar-refractivity contribution is -0.114. The third-order valence-electron chi connectivity index (χ3n) is 3.93. The van der Waals surface area contributed by atoms with Crippen LogP contribution in [0.1, 0.15) is 44.7 Å². The second kappa shape index (κ2) is 6.86. The highest BCUT2D eigenvalue weighted by atomic mass is 16.3. The van der Waals surface area contributed by atoms with Gasteiger partial charge < -0.3 is 15.7 Å². The number of benzene rings is 1. The van der Waals surface area contributed by atoms with E-state index in [0.29, 0.717) is 5.92 Å². The number of aliphatic hydroxyl groups is 1. The lowest BCUT2D eigenvalue weighted by Crippen LogP contribution is -2.25. The SMILES string of the molecule is CC(=O)Nc1cccc(C(C)NCC2CCC(O)C2)c1. The van der Waals surface area contributed by atoms with Gasteiger partial charge in [0.2, 0.25) is 5.91 Å². The summed E-state index contributed by atoms with van der Waals surface area (Å²) in [6.45, 7) is 4.57. The highest BCUT2D eigenvalue weighted by molar-refractivity contribution is 5.88. The third kappa shape index (κ3) is 4.32. The molecule has 20 heavy (non-hydrogen) atoms. The van der Waals surface area contributed by atoms with Crippen molar-refractivity contribution in [2.24, 2.45) is 5.92 Å². The van der Waals surface area contributed by atoms with Gasteiger partial charge in [-0.2, -0.15) is 0 Å². The van der Waals surface area contributed by atoms with E-state index < -0.39 is 0 Å². The highest BCUT2D eigenvalue weighted by Crippen LogP contribution is 2.25. The molecule has 0 spiro atoms. The number of carbonyl (C=O) groups is 1. The van der Waals surface area contributed by atoms with E-state index in [-0.39, 0.29) is 18.1 Å². The summed E-state index contributed by atoms with van der Waals surface area (Å²) in [5.41, 5.74) is 2.00. The minimum absolute atomic E-state index is 0.0531. The van der Waals surface area contributed by atoms with Gasteiger partial charge in [-0.1, -0.05) is 12.1 Å². The number of amides is 1. The van der Waals surface area contributed by atoms with Crippen LogP contribution in [0.4, 0.5) is 5.69 Å². The maximum Gasteiger partial charge on any atom is 0.221 e. The van der Waals surface area contributed by atoms with Crippen LogP contribution in [0.2, 0.25) is 0 Å². The Bertz CT molecular complexity index is 462. The zero-order valence-electron chi connectivity index (χ0n) is 12.2. The molecule has 3 N–H and O–H groups in total. The van der Waals surface area contributed by atoms with Gasteiger partial charge in [-0.25, -0.2) is 0 Å². The van der Waals surface area contributed by atoms with E-state index in [4.69, 9.17) is 0 Å². The summed E-state index contributed by atoms with van der Waals surface area (Å²) in [7, 11) is 0. The van der Waals surface area contributed by atoms with Crippen molar-refractivity contribution in [1.82, 2.24) is 5.32 Å². The average molecular weight is 276 g/mol. The Hall–Kier alpha value is -1.39. The maximum atomic E-state index is 11.1. The normalized spacial score (nSPS) is 23.6. The topological polar surface area (TPSA) is 61.4 Å². The van der Waals surface area contributed by atoms with Crippen LogP contribution in [-0.4, -0.2) is 23.7 Å². The van der Waals surface area contributed by atoms with Crippen molar-refractivity contribution in [2.45, 2.75) is 45.3 Å². The first-order chi connectivity index (χ1) is 9.54. The Morgan fingerprint density at radius 1 is 1.45 bits per heavy atom. The van der Waals surface area contributed by atoms with Crippen LogP contribution in [0, 0.1) is 5.92 Å². The van der Waals surface area contributed by atoms with Gasteiger partial charge in [0.25, 0.3) is 0 Å². The molecule has 0 aromatic heterocycles. The minimum atomic E-state index is -0.111. The highest BCUT2D eigenvalue weighted by Gasteiger charge is 2.22. The van der Waals surface area contributed by atoms with Gasteiger partial charge in [0.1, 0.15) is 0 Å². The molecule has 1 aliphatic rings. The van der Waals surface area contributed by atoms with Crippen molar-refractivity contribution < 1.29 is 9.90 Å². The molecule has 0 aliphatic heterocycles. The molecule has 1 aromatic rings. The molecule has 0 radical (unpaired) electrons. The molecule has 3 atom stereocenters. The number of aliphatic hydroxyl groups excluding tert-OH is 1. The zero-order valence-corrected chi connectivity index (χ0v) is 12.2. The molecule has 3 unspecified atom stereocenters. The number of hydrogen-bond acceptors (Lipinski definition) is 3. The monoisotopic (exact) mass is 276 g/mol. The number of rotatable bonds is 5. The van der Waals surface area contributed by atoms with Crippen molar-refractivity contribution in [3.05, 3.63) is 29.8 Å². The molecule has 0 saturated heterocycles. The fourth-order valence-electron chi connectivity index (χ4n) is 2.78. The molecule has 1 amide bonds. The third-order valence-corrected chi connectivity index (χ3v) is 3.93. The Kier molecular flexibility index (Phi) is 5.15. The van der Waals surface area contributed by atoms with E-state index in [1.165, 1.54) is 6.92 Å². The molecule has 0 heterocycles. The van der Waals surface area contributed by atoms with E-state index in [9.17, 15) is 9.90 Å². The standard InChI is InChI=1S/C16H24N2O2/c1-11(17-10-13-6-7-16(20)8-13)14-4-3-5-15(9-14)18-12(2)19/h3-5,9,11,13,16-17,20H,6-8,10H2,1-2H3,(H,18,19). The average Bonchev–Trinajstić information content (AvgIpc) is 2.81. The van der Waals surface area contributed by atoms with Crippen LogP contribution in [0.15, 0.2) is 24.3 Å². The number of anilines is 1. The summed E-state index contributed by atoms with van der Waals surface area (Å²) in [5, 5.41) is 15.9. The van der Waals surface area contributed by atoms with E-state index in [0.717, 1.165) is 37.1 Å². The Balaban J connectivity index is 1.88. The molecule has 1 aromatic carbocycles. The van der Waals surface area contributed by atoms with Crippen LogP contribution < -0.4 is 10.6 Å². The Labute approximate surface area is 120 Å². The molecule has 1 saturated carbocycles. The summed E-state index contributed by atoms with van der Waals surface area (Å²) >= 11 is 0. The molecule has 4 heteroatoms. The molecule has 1 aliphatic carbocycles. The van der Waals surface area contributed by atoms with Gasteiger partial charge in [0.05, 0.1) is 6.10 Å². The summed E-state index contributed by atoms with van der Waals surface area (Å²) in [5.74, 6) is 0.522. The molecule has 110 valence electrons. The van der Waals surface area contributed by atoms with Crippen LogP contribution in [-0.2, 0) is 4.79 Å². The van der Waals surface area contributed by atoms with E-state index in [1.54, 1.807) is 0 Å². The molecular formula is C16H24N2O2. The van der Waals surface area contributed by atoms with Crippen LogP contribution >= 0.6 is 0 Å². The quantitative estimate of drug-likeness (QED) is 0.774. The first kappa shape index (κ1) is 15.0. The second-order valence-corrected chi connectivity index (χ2v) is 5.77. The van der Waals surface area contributed by atoms with Gasteiger partial charge in [0.15, 0.2) is 0 Å². The number of carbonyl (C=O) groups excluding carboxylic acids is 1. The van der Waals surface area contributed by atoms with Crippen molar-refractivity contribution in [3.8, 4) is 0 Å². The summed E-state index contributed by atoms with van der Waals surface area (Å²) in [6.07, 6.45) is 2.83. The predicted molar refractivity (Wildman–Crippen MR) is 80.5 cm³/mol. The van der Waals surface area contributed by atoms with E-state index in [1.807, 2.05) is 18.2 Å². The van der Waals surface area contributed by atoms with Crippen LogP contribution in [0.25, 0.3) is 0 Å². The fourth-order valence-corrected chi connectivity index (χ4v) is 2.78. The summed E-state index contributed by atoms with van der Waals surface area (Å²) in [6, 6.07) is 8.15. The van der Waals surface area contributed by atoms with Gasteiger partial charge in [-0.15, -0.1) is 0 Å². The smallest absolute Gasteiger partial charge is 0.221 e. The largest absolute Gasteiger partial charge is 0.393 e. The predicted octanol–water partition coefficient (Wildman–Crippen LogP) is 2.46. The van der Waals surface area contributed by atoms with Crippen molar-refractivity contribution in [2.75, 3.05) is 11.9 Å². The van der Waals surface area contributed by atoms with E-state index in [2.05, 4.69) is 23.6 Å². The van der Waals surface area contributed by atoms with Gasteiger partial charge in [-0.05, 0) is 56.3 Å². The fraction of sp³-hybridized carbons (Fsp3) is 0.562. The lowest BCUT2D eigenvalue weighted by Gasteiger charge is -2.18. The molecular weight excluding hydrogens is 252 g/mol. The maximum absolute atomic E-state index is 11.1. The summed E-state index contributed by atoms with van der Waals surface area (Å²) < 4.78 is 0. The molecule has 1 fully saturated rings. The zero-order chi connectivity index (χ0) is 14.5. The minimum Gasteiger partial charge on any atom is -0.393 e. The number of nitrogens with one attached hydrogen (secondary N) is 2.